The second-order valence-corrected chi connectivity index (χ2v) is 6.13. The van der Waals surface area contributed by atoms with Crippen LogP contribution in [-0.4, -0.2) is 50.0 Å². The third kappa shape index (κ3) is 3.60. The zero-order chi connectivity index (χ0) is 16.9. The molecule has 0 radical (unpaired) electrons. The standard InChI is InChI=1S/C20H24N2O2/c1-16(20(23)17-6-4-3-5-7-17)21-12-14-22(15-13-21)18-8-10-19(24-2)11-9-18/h3-11,16H,12-15H2,1-2H3. The van der Waals surface area contributed by atoms with Gasteiger partial charge in [0.2, 0.25) is 0 Å². The van der Waals surface area contributed by atoms with Gasteiger partial charge in [0, 0.05) is 37.4 Å². The molecule has 1 atom stereocenters. The van der Waals surface area contributed by atoms with E-state index in [2.05, 4.69) is 21.9 Å². The Morgan fingerprint density at radius 2 is 1.58 bits per heavy atom. The van der Waals surface area contributed by atoms with Crippen molar-refractivity contribution in [3.8, 4) is 5.75 Å². The van der Waals surface area contributed by atoms with E-state index in [9.17, 15) is 4.79 Å². The second-order valence-electron chi connectivity index (χ2n) is 6.13. The number of carbonyl (C=O) groups is 1. The molecular weight excluding hydrogens is 300 g/mol. The first kappa shape index (κ1) is 16.5. The molecule has 1 unspecified atom stereocenters. The average molecular weight is 324 g/mol. The molecule has 126 valence electrons. The van der Waals surface area contributed by atoms with E-state index >= 15 is 0 Å². The number of carbonyl (C=O) groups excluding carboxylic acids is 1. The first-order valence-electron chi connectivity index (χ1n) is 8.41. The number of hydrogen-bond donors (Lipinski definition) is 0. The molecule has 4 nitrogen and oxygen atoms in total. The molecule has 0 bridgehead atoms. The largest absolute Gasteiger partial charge is 0.497 e. The van der Waals surface area contributed by atoms with Gasteiger partial charge < -0.3 is 9.64 Å². The van der Waals surface area contributed by atoms with E-state index in [0.29, 0.717) is 0 Å². The fraction of sp³-hybridized carbons (Fsp3) is 0.350. The van der Waals surface area contributed by atoms with E-state index in [1.54, 1.807) is 7.11 Å². The van der Waals surface area contributed by atoms with E-state index in [1.807, 2.05) is 49.4 Å². The minimum absolute atomic E-state index is 0.0783. The zero-order valence-electron chi connectivity index (χ0n) is 14.3. The topological polar surface area (TPSA) is 32.8 Å². The van der Waals surface area contributed by atoms with Crippen LogP contribution in [0.4, 0.5) is 5.69 Å². The molecule has 1 aliphatic heterocycles. The molecule has 1 fully saturated rings. The lowest BCUT2D eigenvalue weighted by atomic mass is 10.0. The van der Waals surface area contributed by atoms with Crippen LogP contribution in [-0.2, 0) is 0 Å². The summed E-state index contributed by atoms with van der Waals surface area (Å²) < 4.78 is 5.21. The summed E-state index contributed by atoms with van der Waals surface area (Å²) in [6.07, 6.45) is 0. The summed E-state index contributed by atoms with van der Waals surface area (Å²) >= 11 is 0. The van der Waals surface area contributed by atoms with E-state index in [0.717, 1.165) is 37.5 Å². The normalized spacial score (nSPS) is 16.7. The van der Waals surface area contributed by atoms with Crippen molar-refractivity contribution in [2.24, 2.45) is 0 Å². The Hall–Kier alpha value is -2.33. The van der Waals surface area contributed by atoms with E-state index in [1.165, 1.54) is 5.69 Å². The highest BCUT2D eigenvalue weighted by Crippen LogP contribution is 2.21. The Bertz CT molecular complexity index is 662. The van der Waals surface area contributed by atoms with E-state index in [-0.39, 0.29) is 11.8 Å². The molecule has 3 rings (SSSR count). The molecule has 1 heterocycles. The lowest BCUT2D eigenvalue weighted by Gasteiger charge is -2.38. The molecular formula is C20H24N2O2. The van der Waals surface area contributed by atoms with Crippen LogP contribution in [0.3, 0.4) is 0 Å². The van der Waals surface area contributed by atoms with Gasteiger partial charge in [-0.1, -0.05) is 30.3 Å². The van der Waals surface area contributed by atoms with Crippen molar-refractivity contribution in [1.82, 2.24) is 4.90 Å². The zero-order valence-corrected chi connectivity index (χ0v) is 14.3. The minimum atomic E-state index is -0.0783. The number of anilines is 1. The van der Waals surface area contributed by atoms with Gasteiger partial charge in [-0.05, 0) is 31.2 Å². The van der Waals surface area contributed by atoms with Crippen molar-refractivity contribution in [2.45, 2.75) is 13.0 Å². The number of methoxy groups -OCH3 is 1. The Kier molecular flexibility index (Phi) is 5.16. The van der Waals surface area contributed by atoms with Gasteiger partial charge in [0.1, 0.15) is 5.75 Å². The smallest absolute Gasteiger partial charge is 0.179 e. The molecule has 0 saturated carbocycles. The van der Waals surface area contributed by atoms with Crippen LogP contribution in [0.25, 0.3) is 0 Å². The van der Waals surface area contributed by atoms with Crippen molar-refractivity contribution in [1.29, 1.82) is 0 Å². The maximum atomic E-state index is 12.6. The highest BCUT2D eigenvalue weighted by molar-refractivity contribution is 5.99. The Balaban J connectivity index is 1.59. The maximum Gasteiger partial charge on any atom is 0.179 e. The molecule has 0 N–H and O–H groups in total. The molecule has 0 aliphatic carbocycles. The van der Waals surface area contributed by atoms with Crippen LogP contribution < -0.4 is 9.64 Å². The van der Waals surface area contributed by atoms with Crippen molar-refractivity contribution >= 4 is 11.5 Å². The molecule has 1 aliphatic rings. The number of benzene rings is 2. The molecule has 0 amide bonds. The molecule has 24 heavy (non-hydrogen) atoms. The van der Waals surface area contributed by atoms with E-state index < -0.39 is 0 Å². The minimum Gasteiger partial charge on any atom is -0.497 e. The van der Waals surface area contributed by atoms with Crippen molar-refractivity contribution in [3.05, 3.63) is 60.2 Å². The third-order valence-electron chi connectivity index (χ3n) is 4.74. The van der Waals surface area contributed by atoms with Crippen LogP contribution in [0.2, 0.25) is 0 Å². The SMILES string of the molecule is COc1ccc(N2CCN(C(C)C(=O)c3ccccc3)CC2)cc1. The monoisotopic (exact) mass is 324 g/mol. The summed E-state index contributed by atoms with van der Waals surface area (Å²) in [4.78, 5) is 17.2. The molecule has 0 aromatic heterocycles. The third-order valence-corrected chi connectivity index (χ3v) is 4.74. The summed E-state index contributed by atoms with van der Waals surface area (Å²) in [5, 5.41) is 0. The number of hydrogen-bond acceptors (Lipinski definition) is 4. The Morgan fingerprint density at radius 3 is 2.17 bits per heavy atom. The van der Waals surface area contributed by atoms with Crippen LogP contribution in [0, 0.1) is 0 Å². The maximum absolute atomic E-state index is 12.6. The van der Waals surface area contributed by atoms with Gasteiger partial charge in [-0.25, -0.2) is 0 Å². The lowest BCUT2D eigenvalue weighted by molar-refractivity contribution is 0.0830. The number of nitrogens with zero attached hydrogens (tertiary/aromatic N) is 2. The number of piperazine rings is 1. The summed E-state index contributed by atoms with van der Waals surface area (Å²) in [6, 6.07) is 17.6. The number of rotatable bonds is 5. The molecule has 4 heteroatoms. The first-order chi connectivity index (χ1) is 11.7. The number of ketones is 1. The molecule has 2 aromatic rings. The van der Waals surface area contributed by atoms with Gasteiger partial charge in [0.15, 0.2) is 5.78 Å². The fourth-order valence-electron chi connectivity index (χ4n) is 3.17. The second kappa shape index (κ2) is 7.49. The van der Waals surface area contributed by atoms with Crippen LogP contribution in [0.1, 0.15) is 17.3 Å². The fourth-order valence-corrected chi connectivity index (χ4v) is 3.17. The first-order valence-corrected chi connectivity index (χ1v) is 8.41. The number of Topliss-reactive ketones (excluding diaryl/α,β-unsaturated/α-hetero) is 1. The van der Waals surface area contributed by atoms with Crippen LogP contribution in [0.15, 0.2) is 54.6 Å². The molecule has 0 spiro atoms. The van der Waals surface area contributed by atoms with Gasteiger partial charge in [-0.3, -0.25) is 9.69 Å². The summed E-state index contributed by atoms with van der Waals surface area (Å²) in [6.45, 7) is 5.66. The van der Waals surface area contributed by atoms with Gasteiger partial charge in [0.25, 0.3) is 0 Å². The predicted molar refractivity (Wildman–Crippen MR) is 97.0 cm³/mol. The van der Waals surface area contributed by atoms with Gasteiger partial charge in [0.05, 0.1) is 13.2 Å². The van der Waals surface area contributed by atoms with Crippen molar-refractivity contribution in [2.75, 3.05) is 38.2 Å². The average Bonchev–Trinajstić information content (AvgIpc) is 2.68. The van der Waals surface area contributed by atoms with Gasteiger partial charge in [-0.15, -0.1) is 0 Å². The summed E-state index contributed by atoms with van der Waals surface area (Å²) in [5.74, 6) is 1.08. The van der Waals surface area contributed by atoms with Crippen molar-refractivity contribution < 1.29 is 9.53 Å². The van der Waals surface area contributed by atoms with E-state index in [4.69, 9.17) is 4.74 Å². The van der Waals surface area contributed by atoms with Gasteiger partial charge in [-0.2, -0.15) is 0 Å². The molecule has 2 aromatic carbocycles. The highest BCUT2D eigenvalue weighted by Gasteiger charge is 2.26. The van der Waals surface area contributed by atoms with Gasteiger partial charge >= 0.3 is 0 Å². The Labute approximate surface area is 143 Å². The lowest BCUT2D eigenvalue weighted by Crippen LogP contribution is -2.51. The van der Waals surface area contributed by atoms with Crippen molar-refractivity contribution in [3.63, 3.8) is 0 Å². The van der Waals surface area contributed by atoms with Crippen LogP contribution >= 0.6 is 0 Å². The van der Waals surface area contributed by atoms with Crippen LogP contribution in [0.5, 0.6) is 5.75 Å². The Morgan fingerprint density at radius 1 is 0.958 bits per heavy atom. The number of ether oxygens (including phenoxy) is 1. The summed E-state index contributed by atoms with van der Waals surface area (Å²) in [7, 11) is 1.68. The highest BCUT2D eigenvalue weighted by atomic mass is 16.5. The predicted octanol–water partition coefficient (Wildman–Crippen LogP) is 3.09. The quantitative estimate of drug-likeness (QED) is 0.791. The summed E-state index contributed by atoms with van der Waals surface area (Å²) in [5.41, 5.74) is 2.00. The molecule has 1 saturated heterocycles.